The van der Waals surface area contributed by atoms with E-state index in [4.69, 9.17) is 9.47 Å². The van der Waals surface area contributed by atoms with E-state index in [2.05, 4.69) is 9.80 Å². The van der Waals surface area contributed by atoms with E-state index in [1.54, 1.807) is 24.3 Å². The Balaban J connectivity index is 1.38. The Hall–Kier alpha value is -2.62. The zero-order chi connectivity index (χ0) is 23.4. The lowest BCUT2D eigenvalue weighted by Crippen LogP contribution is -2.50. The molecule has 4 rings (SSSR count). The van der Waals surface area contributed by atoms with Crippen molar-refractivity contribution in [2.24, 2.45) is 0 Å². The zero-order valence-electron chi connectivity index (χ0n) is 18.6. The number of hydrogen-bond donors (Lipinski definition) is 3. The lowest BCUT2D eigenvalue weighted by atomic mass is 9.95. The van der Waals surface area contributed by atoms with Crippen LogP contribution in [0.1, 0.15) is 12.8 Å². The number of ether oxygens (including phenoxy) is 2. The zero-order valence-corrected chi connectivity index (χ0v) is 19.5. The number of thioether (sulfide) groups is 1. The molecule has 178 valence electrons. The lowest BCUT2D eigenvalue weighted by molar-refractivity contribution is -0.147. The maximum atomic E-state index is 12.9. The largest absolute Gasteiger partial charge is 0.508 e. The Morgan fingerprint density at radius 3 is 2.52 bits per heavy atom. The van der Waals surface area contributed by atoms with Gasteiger partial charge >= 0.3 is 5.97 Å². The summed E-state index contributed by atoms with van der Waals surface area (Å²) < 4.78 is 9.60. The van der Waals surface area contributed by atoms with Gasteiger partial charge in [0.1, 0.15) is 34.7 Å². The number of carbonyl (C=O) groups excluding carboxylic acids is 1. The number of phenolic OH excluding ortho intramolecular Hbond substituents is 2. The van der Waals surface area contributed by atoms with Crippen molar-refractivity contribution >= 4 is 23.4 Å². The fourth-order valence-corrected chi connectivity index (χ4v) is 5.81. The molecular weight excluding hydrogens is 444 g/mol. The minimum Gasteiger partial charge on any atom is -0.508 e. The third kappa shape index (κ3) is 5.15. The van der Waals surface area contributed by atoms with E-state index in [1.165, 1.54) is 24.9 Å². The molecule has 33 heavy (non-hydrogen) atoms. The molecule has 0 aliphatic carbocycles. The predicted molar refractivity (Wildman–Crippen MR) is 126 cm³/mol. The Morgan fingerprint density at radius 1 is 1.12 bits per heavy atom. The number of methoxy groups -OCH3 is 1. The van der Waals surface area contributed by atoms with Crippen molar-refractivity contribution in [2.45, 2.75) is 28.6 Å². The first-order valence-electron chi connectivity index (χ1n) is 11.1. The first-order chi connectivity index (χ1) is 15.9. The van der Waals surface area contributed by atoms with Crippen molar-refractivity contribution in [2.75, 3.05) is 51.3 Å². The molecule has 2 aliphatic heterocycles. The van der Waals surface area contributed by atoms with Crippen LogP contribution < -0.4 is 9.64 Å². The van der Waals surface area contributed by atoms with Gasteiger partial charge in [-0.05, 0) is 61.9 Å². The summed E-state index contributed by atoms with van der Waals surface area (Å²) in [5.74, 6) is 0.384. The van der Waals surface area contributed by atoms with Crippen LogP contribution in [0.25, 0.3) is 0 Å². The van der Waals surface area contributed by atoms with Crippen molar-refractivity contribution in [1.29, 1.82) is 0 Å². The van der Waals surface area contributed by atoms with E-state index < -0.39 is 16.8 Å². The number of esters is 1. The molecule has 1 fully saturated rings. The number of aliphatic hydroxyl groups excluding tert-OH is 1. The SMILES string of the molecule is COC(=O)[C@]1(CCCN2CCN(c3ccc(O)cc3)CC2)Sc2cc(O)ccc2OC[C@@H]1O. The van der Waals surface area contributed by atoms with Crippen LogP contribution in [0.4, 0.5) is 5.69 Å². The van der Waals surface area contributed by atoms with Gasteiger partial charge in [-0.1, -0.05) is 0 Å². The van der Waals surface area contributed by atoms with Gasteiger partial charge in [-0.25, -0.2) is 0 Å². The quantitative estimate of drug-likeness (QED) is 0.545. The van der Waals surface area contributed by atoms with Gasteiger partial charge in [-0.2, -0.15) is 0 Å². The fraction of sp³-hybridized carbons (Fsp3) is 0.458. The summed E-state index contributed by atoms with van der Waals surface area (Å²) in [5.41, 5.74) is 1.09. The van der Waals surface area contributed by atoms with Crippen LogP contribution in [0.3, 0.4) is 0 Å². The second kappa shape index (κ2) is 10.1. The van der Waals surface area contributed by atoms with Crippen molar-refractivity contribution in [3.05, 3.63) is 42.5 Å². The topological polar surface area (TPSA) is 103 Å². The third-order valence-electron chi connectivity index (χ3n) is 6.29. The summed E-state index contributed by atoms with van der Waals surface area (Å²) in [6.45, 7) is 4.31. The van der Waals surface area contributed by atoms with Crippen LogP contribution in [-0.2, 0) is 9.53 Å². The number of hydrogen-bond acceptors (Lipinski definition) is 9. The number of carbonyl (C=O) groups is 1. The average molecular weight is 475 g/mol. The molecule has 0 amide bonds. The third-order valence-corrected chi connectivity index (χ3v) is 7.84. The van der Waals surface area contributed by atoms with Gasteiger partial charge in [0.25, 0.3) is 0 Å². The van der Waals surface area contributed by atoms with E-state index in [0.29, 0.717) is 23.5 Å². The average Bonchev–Trinajstić information content (AvgIpc) is 2.96. The molecule has 2 heterocycles. The van der Waals surface area contributed by atoms with E-state index in [9.17, 15) is 20.1 Å². The summed E-state index contributed by atoms with van der Waals surface area (Å²) in [6, 6.07) is 12.0. The van der Waals surface area contributed by atoms with E-state index >= 15 is 0 Å². The van der Waals surface area contributed by atoms with E-state index in [-0.39, 0.29) is 18.1 Å². The monoisotopic (exact) mass is 474 g/mol. The second-order valence-electron chi connectivity index (χ2n) is 8.39. The molecule has 2 aromatic rings. The number of rotatable bonds is 6. The van der Waals surface area contributed by atoms with Crippen LogP contribution in [0.15, 0.2) is 47.4 Å². The lowest BCUT2D eigenvalue weighted by Gasteiger charge is -2.37. The number of phenols is 2. The van der Waals surface area contributed by atoms with Crippen molar-refractivity contribution in [3.63, 3.8) is 0 Å². The fourth-order valence-electron chi connectivity index (χ4n) is 4.39. The highest BCUT2D eigenvalue weighted by Gasteiger charge is 2.49. The number of aromatic hydroxyl groups is 2. The molecule has 2 aliphatic rings. The van der Waals surface area contributed by atoms with Gasteiger partial charge in [-0.3, -0.25) is 9.69 Å². The predicted octanol–water partition coefficient (Wildman–Crippen LogP) is 2.46. The van der Waals surface area contributed by atoms with Crippen LogP contribution >= 0.6 is 11.8 Å². The standard InChI is InChI=1S/C24H30N2O6S/c1-31-23(30)24(22(29)16-32-20-8-7-19(28)15-21(20)33-24)9-2-10-25-11-13-26(14-12-25)17-3-5-18(27)6-4-17/h3-8,15,22,27-29H,2,9-14,16H2,1H3/t22-,24+/m0/s1. The Morgan fingerprint density at radius 2 is 1.82 bits per heavy atom. The van der Waals surface area contributed by atoms with Crippen LogP contribution in [0, 0.1) is 0 Å². The van der Waals surface area contributed by atoms with Crippen molar-refractivity contribution in [1.82, 2.24) is 4.90 Å². The van der Waals surface area contributed by atoms with Crippen molar-refractivity contribution in [3.8, 4) is 17.2 Å². The van der Waals surface area contributed by atoms with E-state index in [1.807, 2.05) is 12.1 Å². The highest BCUT2D eigenvalue weighted by molar-refractivity contribution is 8.01. The summed E-state index contributed by atoms with van der Waals surface area (Å²) in [4.78, 5) is 18.1. The molecule has 1 saturated heterocycles. The van der Waals surface area contributed by atoms with Crippen LogP contribution in [0.5, 0.6) is 17.2 Å². The maximum Gasteiger partial charge on any atom is 0.325 e. The number of aliphatic hydroxyl groups is 1. The number of piperazine rings is 1. The summed E-state index contributed by atoms with van der Waals surface area (Å²) in [5, 5.41) is 30.3. The highest BCUT2D eigenvalue weighted by atomic mass is 32.2. The first-order valence-corrected chi connectivity index (χ1v) is 11.9. The van der Waals surface area contributed by atoms with Crippen molar-refractivity contribution < 1.29 is 29.6 Å². The molecule has 2 atom stereocenters. The van der Waals surface area contributed by atoms with Gasteiger partial charge in [0.15, 0.2) is 0 Å². The van der Waals surface area contributed by atoms with Crippen LogP contribution in [-0.4, -0.2) is 83.5 Å². The molecule has 0 aromatic heterocycles. The van der Waals surface area contributed by atoms with Gasteiger partial charge < -0.3 is 29.7 Å². The highest BCUT2D eigenvalue weighted by Crippen LogP contribution is 2.47. The van der Waals surface area contributed by atoms with Gasteiger partial charge in [0.2, 0.25) is 0 Å². The molecule has 2 aromatic carbocycles. The Kier molecular flexibility index (Phi) is 7.21. The normalized spacial score (nSPS) is 23.3. The maximum absolute atomic E-state index is 12.9. The molecule has 0 spiro atoms. The Labute approximate surface area is 197 Å². The molecule has 8 nitrogen and oxygen atoms in total. The first kappa shape index (κ1) is 23.5. The van der Waals surface area contributed by atoms with Gasteiger partial charge in [-0.15, -0.1) is 11.8 Å². The number of anilines is 1. The molecule has 0 unspecified atom stereocenters. The van der Waals surface area contributed by atoms with Gasteiger partial charge in [0.05, 0.1) is 12.0 Å². The molecular formula is C24H30N2O6S. The minimum absolute atomic E-state index is 0.0226. The summed E-state index contributed by atoms with van der Waals surface area (Å²) in [7, 11) is 1.33. The summed E-state index contributed by atoms with van der Waals surface area (Å²) in [6.07, 6.45) is 0.0742. The second-order valence-corrected chi connectivity index (χ2v) is 9.76. The molecule has 9 heteroatoms. The smallest absolute Gasteiger partial charge is 0.325 e. The number of nitrogens with zero attached hydrogens (tertiary/aromatic N) is 2. The minimum atomic E-state index is -1.21. The number of fused-ring (bicyclic) bond motifs is 1. The van der Waals surface area contributed by atoms with Gasteiger partial charge in [0, 0.05) is 31.9 Å². The molecule has 0 saturated carbocycles. The number of benzene rings is 2. The Bertz CT molecular complexity index is 964. The molecule has 3 N–H and O–H groups in total. The molecule has 0 radical (unpaired) electrons. The van der Waals surface area contributed by atoms with E-state index in [0.717, 1.165) is 38.4 Å². The van der Waals surface area contributed by atoms with Crippen LogP contribution in [0.2, 0.25) is 0 Å². The molecule has 0 bridgehead atoms. The summed E-state index contributed by atoms with van der Waals surface area (Å²) >= 11 is 1.21.